The summed E-state index contributed by atoms with van der Waals surface area (Å²) in [4.78, 5) is 14.9. The van der Waals surface area contributed by atoms with Crippen molar-refractivity contribution in [3.8, 4) is 0 Å². The molecule has 1 amide bonds. The monoisotopic (exact) mass is 285 g/mol. The molecule has 15 heavy (non-hydrogen) atoms. The summed E-state index contributed by atoms with van der Waals surface area (Å²) in [5.74, 6) is 0.177. The van der Waals surface area contributed by atoms with Gasteiger partial charge in [-0.2, -0.15) is 0 Å². The first-order valence-electron chi connectivity index (χ1n) is 4.82. The van der Waals surface area contributed by atoms with E-state index in [4.69, 9.17) is 0 Å². The van der Waals surface area contributed by atoms with E-state index >= 15 is 0 Å². The van der Waals surface area contributed by atoms with Crippen LogP contribution in [0.4, 0.5) is 5.69 Å². The minimum atomic E-state index is -0.00703. The number of carbonyl (C=O) groups excluding carboxylic acids is 1. The molecule has 2 rings (SSSR count). The number of thioether (sulfide) groups is 1. The van der Waals surface area contributed by atoms with Gasteiger partial charge < -0.3 is 4.90 Å². The lowest BCUT2D eigenvalue weighted by Gasteiger charge is -2.18. The average molecular weight is 286 g/mol. The zero-order valence-corrected chi connectivity index (χ0v) is 10.8. The molecule has 1 aromatic rings. The molecule has 0 bridgehead atoms. The van der Waals surface area contributed by atoms with Crippen LogP contribution in [0.3, 0.4) is 0 Å². The first-order valence-corrected chi connectivity index (χ1v) is 6.96. The van der Waals surface area contributed by atoms with Crippen LogP contribution in [0.2, 0.25) is 0 Å². The van der Waals surface area contributed by atoms with Gasteiger partial charge in [-0.15, -0.1) is 11.8 Å². The fourth-order valence-corrected chi connectivity index (χ4v) is 2.79. The molecule has 0 spiro atoms. The standard InChI is InChI=1S/C11H12BrNOS/c1-15-10-5-3-2-4-9(10)13-7-6-8(12)11(13)14/h2-5,8H,6-7H2,1H3. The highest BCUT2D eigenvalue weighted by Crippen LogP contribution is 2.32. The highest BCUT2D eigenvalue weighted by Gasteiger charge is 2.31. The third-order valence-electron chi connectivity index (χ3n) is 2.52. The fraction of sp³-hybridized carbons (Fsp3) is 0.364. The third kappa shape index (κ3) is 2.06. The Hall–Kier alpha value is -0.480. The molecule has 1 unspecified atom stereocenters. The maximum absolute atomic E-state index is 11.8. The summed E-state index contributed by atoms with van der Waals surface area (Å²) in [5.41, 5.74) is 1.04. The number of carbonyl (C=O) groups is 1. The van der Waals surface area contributed by atoms with Gasteiger partial charge in [0.15, 0.2) is 0 Å². The van der Waals surface area contributed by atoms with Crippen LogP contribution in [0.15, 0.2) is 29.2 Å². The lowest BCUT2D eigenvalue weighted by atomic mass is 10.3. The van der Waals surface area contributed by atoms with E-state index in [1.54, 1.807) is 11.8 Å². The maximum Gasteiger partial charge on any atom is 0.240 e. The van der Waals surface area contributed by atoms with Crippen LogP contribution in [0, 0.1) is 0 Å². The first kappa shape index (κ1) is 11.0. The Morgan fingerprint density at radius 1 is 1.47 bits per heavy atom. The molecule has 0 saturated carbocycles. The SMILES string of the molecule is CSc1ccccc1N1CCC(Br)C1=O. The van der Waals surface area contributed by atoms with E-state index in [-0.39, 0.29) is 10.7 Å². The Morgan fingerprint density at radius 3 is 2.80 bits per heavy atom. The van der Waals surface area contributed by atoms with Gasteiger partial charge in [0, 0.05) is 11.4 Å². The number of hydrogen-bond donors (Lipinski definition) is 0. The van der Waals surface area contributed by atoms with E-state index in [2.05, 4.69) is 22.0 Å². The Balaban J connectivity index is 2.33. The number of anilines is 1. The zero-order valence-electron chi connectivity index (χ0n) is 8.44. The van der Waals surface area contributed by atoms with E-state index in [0.717, 1.165) is 23.5 Å². The minimum Gasteiger partial charge on any atom is -0.310 e. The van der Waals surface area contributed by atoms with Crippen LogP contribution in [0.1, 0.15) is 6.42 Å². The van der Waals surface area contributed by atoms with E-state index in [1.807, 2.05) is 29.4 Å². The summed E-state index contributed by atoms with van der Waals surface area (Å²) in [6.45, 7) is 0.812. The normalized spacial score (nSPS) is 21.1. The lowest BCUT2D eigenvalue weighted by Crippen LogP contribution is -2.27. The lowest BCUT2D eigenvalue weighted by molar-refractivity contribution is -0.116. The summed E-state index contributed by atoms with van der Waals surface area (Å²) in [6, 6.07) is 8.04. The molecule has 0 radical (unpaired) electrons. The fourth-order valence-electron chi connectivity index (χ4n) is 1.74. The van der Waals surface area contributed by atoms with Gasteiger partial charge >= 0.3 is 0 Å². The van der Waals surface area contributed by atoms with Gasteiger partial charge in [0.25, 0.3) is 0 Å². The van der Waals surface area contributed by atoms with Crippen molar-refractivity contribution in [2.24, 2.45) is 0 Å². The molecule has 1 atom stereocenters. The van der Waals surface area contributed by atoms with Crippen LogP contribution >= 0.6 is 27.7 Å². The molecular formula is C11H12BrNOS. The quantitative estimate of drug-likeness (QED) is 0.615. The Kier molecular flexibility index (Phi) is 3.36. The van der Waals surface area contributed by atoms with Crippen LogP contribution < -0.4 is 4.90 Å². The highest BCUT2D eigenvalue weighted by atomic mass is 79.9. The van der Waals surface area contributed by atoms with Gasteiger partial charge in [0.2, 0.25) is 5.91 Å². The molecule has 80 valence electrons. The molecule has 2 nitrogen and oxygen atoms in total. The number of nitrogens with zero attached hydrogens (tertiary/aromatic N) is 1. The van der Waals surface area contributed by atoms with E-state index in [9.17, 15) is 4.79 Å². The topological polar surface area (TPSA) is 20.3 Å². The van der Waals surface area contributed by atoms with Crippen molar-refractivity contribution in [1.29, 1.82) is 0 Å². The predicted molar refractivity (Wildman–Crippen MR) is 67.9 cm³/mol. The van der Waals surface area contributed by atoms with Gasteiger partial charge in [-0.1, -0.05) is 28.1 Å². The summed E-state index contributed by atoms with van der Waals surface area (Å²) in [7, 11) is 0. The number of alkyl halides is 1. The van der Waals surface area contributed by atoms with Crippen molar-refractivity contribution >= 4 is 39.3 Å². The zero-order chi connectivity index (χ0) is 10.8. The summed E-state index contributed by atoms with van der Waals surface area (Å²) < 4.78 is 0. The van der Waals surface area contributed by atoms with Crippen molar-refractivity contribution in [3.05, 3.63) is 24.3 Å². The maximum atomic E-state index is 11.8. The Labute approximate surface area is 102 Å². The second-order valence-electron chi connectivity index (χ2n) is 3.42. The molecule has 1 aliphatic heterocycles. The van der Waals surface area contributed by atoms with Crippen molar-refractivity contribution in [2.45, 2.75) is 16.1 Å². The van der Waals surface area contributed by atoms with Gasteiger partial charge in [0.05, 0.1) is 10.5 Å². The van der Waals surface area contributed by atoms with Gasteiger partial charge in [-0.3, -0.25) is 4.79 Å². The summed E-state index contributed by atoms with van der Waals surface area (Å²) in [5, 5.41) is 0. The first-order chi connectivity index (χ1) is 7.24. The smallest absolute Gasteiger partial charge is 0.240 e. The van der Waals surface area contributed by atoms with Crippen LogP contribution in [-0.2, 0) is 4.79 Å². The second-order valence-corrected chi connectivity index (χ2v) is 5.37. The van der Waals surface area contributed by atoms with Crippen LogP contribution in [0.5, 0.6) is 0 Å². The Morgan fingerprint density at radius 2 is 2.20 bits per heavy atom. The van der Waals surface area contributed by atoms with E-state index in [0.29, 0.717) is 0 Å². The van der Waals surface area contributed by atoms with Crippen molar-refractivity contribution in [3.63, 3.8) is 0 Å². The van der Waals surface area contributed by atoms with Crippen molar-refractivity contribution < 1.29 is 4.79 Å². The number of benzene rings is 1. The van der Waals surface area contributed by atoms with E-state index < -0.39 is 0 Å². The molecule has 1 aromatic carbocycles. The van der Waals surface area contributed by atoms with Gasteiger partial charge in [-0.05, 0) is 24.8 Å². The number of amides is 1. The largest absolute Gasteiger partial charge is 0.310 e. The molecular weight excluding hydrogens is 274 g/mol. The minimum absolute atomic E-state index is 0.00703. The van der Waals surface area contributed by atoms with E-state index in [1.165, 1.54) is 0 Å². The number of halogens is 1. The van der Waals surface area contributed by atoms with Gasteiger partial charge in [0.1, 0.15) is 0 Å². The summed E-state index contributed by atoms with van der Waals surface area (Å²) >= 11 is 5.07. The molecule has 1 fully saturated rings. The number of hydrogen-bond acceptors (Lipinski definition) is 2. The molecule has 1 heterocycles. The second kappa shape index (κ2) is 4.58. The molecule has 4 heteroatoms. The van der Waals surface area contributed by atoms with Crippen LogP contribution in [0.25, 0.3) is 0 Å². The molecule has 0 aromatic heterocycles. The Bertz CT molecular complexity index is 383. The molecule has 1 aliphatic rings. The van der Waals surface area contributed by atoms with Crippen LogP contribution in [-0.4, -0.2) is 23.5 Å². The predicted octanol–water partition coefficient (Wildman–Crippen LogP) is 2.91. The summed E-state index contributed by atoms with van der Waals surface area (Å²) in [6.07, 6.45) is 2.92. The number of rotatable bonds is 2. The highest BCUT2D eigenvalue weighted by molar-refractivity contribution is 9.10. The van der Waals surface area contributed by atoms with Crippen molar-refractivity contribution in [2.75, 3.05) is 17.7 Å². The third-order valence-corrected chi connectivity index (χ3v) is 4.15. The number of para-hydroxylation sites is 1. The molecule has 0 N–H and O–H groups in total. The molecule has 0 aliphatic carbocycles. The molecule has 1 saturated heterocycles. The van der Waals surface area contributed by atoms with Crippen molar-refractivity contribution in [1.82, 2.24) is 0 Å². The van der Waals surface area contributed by atoms with Gasteiger partial charge in [-0.25, -0.2) is 0 Å². The average Bonchev–Trinajstić information content (AvgIpc) is 2.60.